The van der Waals surface area contributed by atoms with Gasteiger partial charge in [0.15, 0.2) is 0 Å². The first-order valence-corrected chi connectivity index (χ1v) is 11.4. The number of benzene rings is 1. The number of amides is 2. The van der Waals surface area contributed by atoms with Crippen LogP contribution in [0.5, 0.6) is 0 Å². The van der Waals surface area contributed by atoms with E-state index in [0.29, 0.717) is 28.3 Å². The molecule has 4 rings (SSSR count). The van der Waals surface area contributed by atoms with Gasteiger partial charge >= 0.3 is 0 Å². The highest BCUT2D eigenvalue weighted by atomic mass is 35.5. The predicted octanol–water partition coefficient (Wildman–Crippen LogP) is 2.80. The zero-order valence-electron chi connectivity index (χ0n) is 16.6. The quantitative estimate of drug-likeness (QED) is 0.622. The van der Waals surface area contributed by atoms with Crippen molar-refractivity contribution in [1.29, 1.82) is 0 Å². The van der Waals surface area contributed by atoms with Gasteiger partial charge in [0.1, 0.15) is 12.2 Å². The molecule has 0 fully saturated rings. The summed E-state index contributed by atoms with van der Waals surface area (Å²) < 4.78 is 27.0. The number of likely N-dealkylation sites (N-methyl/N-ethyl adjacent to an activating group) is 1. The Morgan fingerprint density at radius 1 is 1.19 bits per heavy atom. The predicted molar refractivity (Wildman–Crippen MR) is 119 cm³/mol. The average molecular weight is 460 g/mol. The number of aromatic nitrogens is 2. The topological polar surface area (TPSA) is 113 Å². The van der Waals surface area contributed by atoms with Crippen molar-refractivity contribution in [2.24, 2.45) is 0 Å². The Balaban J connectivity index is 1.66. The number of rotatable bonds is 4. The molecule has 3 heterocycles. The summed E-state index contributed by atoms with van der Waals surface area (Å²) in [6.07, 6.45) is 4.23. The van der Waals surface area contributed by atoms with Crippen LogP contribution in [-0.4, -0.2) is 43.1 Å². The van der Waals surface area contributed by atoms with Crippen molar-refractivity contribution in [2.75, 3.05) is 28.2 Å². The van der Waals surface area contributed by atoms with E-state index in [1.165, 1.54) is 23.1 Å². The Kier molecular flexibility index (Phi) is 5.19. The van der Waals surface area contributed by atoms with Gasteiger partial charge < -0.3 is 14.8 Å². The molecule has 0 unspecified atom stereocenters. The fourth-order valence-electron chi connectivity index (χ4n) is 3.35. The smallest absolute Gasteiger partial charge is 0.257 e. The van der Waals surface area contributed by atoms with Crippen LogP contribution in [-0.2, 0) is 21.4 Å². The highest BCUT2D eigenvalue weighted by molar-refractivity contribution is 7.92. The second-order valence-electron chi connectivity index (χ2n) is 7.12. The first-order chi connectivity index (χ1) is 14.6. The summed E-state index contributed by atoms with van der Waals surface area (Å²) >= 11 is 6.05. The van der Waals surface area contributed by atoms with Crippen molar-refractivity contribution < 1.29 is 18.0 Å². The highest BCUT2D eigenvalue weighted by Gasteiger charge is 2.25. The van der Waals surface area contributed by atoms with Crippen LogP contribution in [0.4, 0.5) is 17.1 Å². The maximum Gasteiger partial charge on any atom is 0.257 e. The van der Waals surface area contributed by atoms with Crippen LogP contribution in [0.15, 0.2) is 48.8 Å². The summed E-state index contributed by atoms with van der Waals surface area (Å²) in [6.45, 7) is 0.0645. The number of pyridine rings is 1. The van der Waals surface area contributed by atoms with Crippen molar-refractivity contribution >= 4 is 50.5 Å². The van der Waals surface area contributed by atoms with Gasteiger partial charge in [0.2, 0.25) is 15.9 Å². The fraction of sp³-hybridized carbons (Fsp3) is 0.150. The normalized spacial score (nSPS) is 13.3. The van der Waals surface area contributed by atoms with Gasteiger partial charge in [-0.1, -0.05) is 11.6 Å². The van der Waals surface area contributed by atoms with Crippen LogP contribution in [0.3, 0.4) is 0 Å². The monoisotopic (exact) mass is 459 g/mol. The van der Waals surface area contributed by atoms with Crippen molar-refractivity contribution in [3.63, 3.8) is 0 Å². The highest BCUT2D eigenvalue weighted by Crippen LogP contribution is 2.33. The van der Waals surface area contributed by atoms with Crippen molar-refractivity contribution in [3.8, 4) is 11.4 Å². The molecule has 31 heavy (non-hydrogen) atoms. The molecule has 1 aliphatic heterocycles. The van der Waals surface area contributed by atoms with E-state index in [9.17, 15) is 18.0 Å². The molecule has 9 nitrogen and oxygen atoms in total. The van der Waals surface area contributed by atoms with Crippen LogP contribution < -0.4 is 14.9 Å². The molecule has 0 spiro atoms. The Hall–Kier alpha value is -3.37. The van der Waals surface area contributed by atoms with Crippen LogP contribution in [0.25, 0.3) is 11.4 Å². The lowest BCUT2D eigenvalue weighted by Crippen LogP contribution is -2.28. The summed E-state index contributed by atoms with van der Waals surface area (Å²) in [4.78, 5) is 31.3. The van der Waals surface area contributed by atoms with E-state index in [1.54, 1.807) is 42.2 Å². The van der Waals surface area contributed by atoms with Gasteiger partial charge in [-0.05, 0) is 36.4 Å². The number of hydrogen-bond donors (Lipinski definition) is 2. The van der Waals surface area contributed by atoms with E-state index in [0.717, 1.165) is 6.26 Å². The standard InChI is InChI=1S/C20H18ClN5O4S/c1-25-16-4-3-5-22-19(16)17-6-12(10-26(17)11-18(25)27)20(28)23-14-7-13(21)8-15(9-14)24-31(2,29)30/h3-10,24H,11H2,1-2H3,(H,23,28). The molecule has 2 N–H and O–H groups in total. The molecule has 2 amide bonds. The van der Waals surface area contributed by atoms with Crippen molar-refractivity contribution in [3.05, 3.63) is 59.4 Å². The van der Waals surface area contributed by atoms with E-state index >= 15 is 0 Å². The van der Waals surface area contributed by atoms with E-state index < -0.39 is 15.9 Å². The minimum absolute atomic E-state index is 0.0645. The molecule has 11 heteroatoms. The zero-order chi connectivity index (χ0) is 22.3. The lowest BCUT2D eigenvalue weighted by Gasteiger charge is -2.15. The molecule has 0 saturated carbocycles. The van der Waals surface area contributed by atoms with Crippen molar-refractivity contribution in [1.82, 2.24) is 9.55 Å². The Morgan fingerprint density at radius 2 is 1.94 bits per heavy atom. The Labute approximate surface area is 183 Å². The van der Waals surface area contributed by atoms with Gasteiger partial charge in [0.25, 0.3) is 5.91 Å². The molecule has 1 aromatic carbocycles. The maximum atomic E-state index is 12.9. The largest absolute Gasteiger partial charge is 0.336 e. The number of carbonyl (C=O) groups excluding carboxylic acids is 2. The molecule has 3 aromatic rings. The summed E-state index contributed by atoms with van der Waals surface area (Å²) in [5.74, 6) is -0.576. The van der Waals surface area contributed by atoms with E-state index in [1.807, 2.05) is 0 Å². The summed E-state index contributed by atoms with van der Waals surface area (Å²) in [7, 11) is -1.82. The molecule has 0 bridgehead atoms. The minimum Gasteiger partial charge on any atom is -0.336 e. The third kappa shape index (κ3) is 4.39. The molecule has 0 aliphatic carbocycles. The summed E-state index contributed by atoms with van der Waals surface area (Å²) in [5.41, 5.74) is 2.76. The number of fused-ring (bicyclic) bond motifs is 3. The van der Waals surface area contributed by atoms with Crippen LogP contribution in [0.2, 0.25) is 5.02 Å². The number of nitrogens with zero attached hydrogens (tertiary/aromatic N) is 3. The van der Waals surface area contributed by atoms with E-state index in [4.69, 9.17) is 11.6 Å². The van der Waals surface area contributed by atoms with Crippen LogP contribution in [0.1, 0.15) is 10.4 Å². The maximum absolute atomic E-state index is 12.9. The summed E-state index contributed by atoms with van der Waals surface area (Å²) in [6, 6.07) is 9.60. The second-order valence-corrected chi connectivity index (χ2v) is 9.31. The second kappa shape index (κ2) is 7.71. The van der Waals surface area contributed by atoms with Crippen LogP contribution >= 0.6 is 11.6 Å². The van der Waals surface area contributed by atoms with Gasteiger partial charge in [-0.25, -0.2) is 8.42 Å². The van der Waals surface area contributed by atoms with E-state index in [-0.39, 0.29) is 23.2 Å². The minimum atomic E-state index is -3.50. The molecular formula is C20H18ClN5O4S. The molecule has 0 saturated heterocycles. The van der Waals surface area contributed by atoms with Gasteiger partial charge in [0, 0.05) is 30.2 Å². The van der Waals surface area contributed by atoms with Crippen LogP contribution in [0, 0.1) is 0 Å². The van der Waals surface area contributed by atoms with E-state index in [2.05, 4.69) is 15.0 Å². The Bertz CT molecular complexity index is 1320. The first-order valence-electron chi connectivity index (χ1n) is 9.12. The summed E-state index contributed by atoms with van der Waals surface area (Å²) in [5, 5.41) is 2.96. The molecule has 160 valence electrons. The van der Waals surface area contributed by atoms with Gasteiger partial charge in [-0.3, -0.25) is 19.3 Å². The number of halogens is 1. The molecule has 1 aliphatic rings. The third-order valence-corrected chi connectivity index (χ3v) is 5.51. The lowest BCUT2D eigenvalue weighted by atomic mass is 10.2. The molecule has 2 aromatic heterocycles. The number of nitrogens with one attached hydrogen (secondary N) is 2. The lowest BCUT2D eigenvalue weighted by molar-refractivity contribution is -0.118. The Morgan fingerprint density at radius 3 is 2.68 bits per heavy atom. The average Bonchev–Trinajstić information content (AvgIpc) is 3.05. The molecule has 0 radical (unpaired) electrons. The third-order valence-electron chi connectivity index (χ3n) is 4.69. The van der Waals surface area contributed by atoms with Gasteiger partial charge in [-0.2, -0.15) is 0 Å². The number of sulfonamides is 1. The number of hydrogen-bond acceptors (Lipinski definition) is 5. The zero-order valence-corrected chi connectivity index (χ0v) is 18.2. The first kappa shape index (κ1) is 20.9. The number of carbonyl (C=O) groups is 2. The molecular weight excluding hydrogens is 442 g/mol. The van der Waals surface area contributed by atoms with Gasteiger partial charge in [-0.15, -0.1) is 0 Å². The van der Waals surface area contributed by atoms with Gasteiger partial charge in [0.05, 0.1) is 28.9 Å². The fourth-order valence-corrected chi connectivity index (χ4v) is 4.13. The molecule has 0 atom stereocenters. The number of anilines is 3. The SMILES string of the molecule is CN1C(=O)Cn2cc(C(=O)Nc3cc(Cl)cc(NS(C)(=O)=O)c3)cc2-c2ncccc21. The van der Waals surface area contributed by atoms with Crippen molar-refractivity contribution in [2.45, 2.75) is 6.54 Å².